The number of hydrogen-bond acceptors (Lipinski definition) is 3. The Morgan fingerprint density at radius 1 is 1.10 bits per heavy atom. The van der Waals surface area contributed by atoms with Crippen LogP contribution in [0.5, 0.6) is 11.5 Å². The Kier molecular flexibility index (Phi) is 4.53. The van der Waals surface area contributed by atoms with Gasteiger partial charge in [0.1, 0.15) is 0 Å². The third-order valence-corrected chi connectivity index (χ3v) is 4.15. The quantitative estimate of drug-likeness (QED) is 0.914. The van der Waals surface area contributed by atoms with Gasteiger partial charge in [-0.25, -0.2) is 0 Å². The average Bonchev–Trinajstić information content (AvgIpc) is 2.47. The van der Waals surface area contributed by atoms with Crippen LogP contribution in [0.1, 0.15) is 39.0 Å². The molecule has 4 nitrogen and oxygen atoms in total. The predicted octanol–water partition coefficient (Wildman–Crippen LogP) is 3.61. The van der Waals surface area contributed by atoms with Crippen LogP contribution < -0.4 is 14.8 Å². The molecule has 0 aromatic heterocycles. The zero-order valence-corrected chi connectivity index (χ0v) is 12.5. The number of methoxy groups -OCH3 is 2. The molecular formula is C16H23NO3. The van der Waals surface area contributed by atoms with Gasteiger partial charge in [0, 0.05) is 17.2 Å². The number of carbonyl (C=O) groups is 1. The van der Waals surface area contributed by atoms with Crippen molar-refractivity contribution >= 4 is 11.6 Å². The van der Waals surface area contributed by atoms with Gasteiger partial charge in [-0.1, -0.05) is 26.2 Å². The molecule has 0 radical (unpaired) electrons. The molecule has 1 saturated carbocycles. The molecule has 0 bridgehead atoms. The average molecular weight is 277 g/mol. The summed E-state index contributed by atoms with van der Waals surface area (Å²) in [5, 5.41) is 3.00. The summed E-state index contributed by atoms with van der Waals surface area (Å²) in [6.45, 7) is 2.06. The Morgan fingerprint density at radius 2 is 1.75 bits per heavy atom. The van der Waals surface area contributed by atoms with Crippen LogP contribution in [0.4, 0.5) is 5.69 Å². The molecule has 0 atom stereocenters. The van der Waals surface area contributed by atoms with Gasteiger partial charge in [-0.05, 0) is 25.0 Å². The van der Waals surface area contributed by atoms with Gasteiger partial charge in [0.15, 0.2) is 11.5 Å². The van der Waals surface area contributed by atoms with Crippen LogP contribution in [-0.4, -0.2) is 20.1 Å². The SMILES string of the molecule is COc1ccc(NC(=O)C2(C)CCCCC2)cc1OC. The molecule has 0 unspecified atom stereocenters. The second kappa shape index (κ2) is 6.16. The van der Waals surface area contributed by atoms with Gasteiger partial charge in [-0.2, -0.15) is 0 Å². The summed E-state index contributed by atoms with van der Waals surface area (Å²) in [6.07, 6.45) is 5.43. The maximum Gasteiger partial charge on any atom is 0.230 e. The number of nitrogens with one attached hydrogen (secondary N) is 1. The number of anilines is 1. The van der Waals surface area contributed by atoms with Crippen molar-refractivity contribution in [1.29, 1.82) is 0 Å². The smallest absolute Gasteiger partial charge is 0.230 e. The van der Waals surface area contributed by atoms with Gasteiger partial charge in [-0.3, -0.25) is 4.79 Å². The van der Waals surface area contributed by atoms with Crippen LogP contribution in [0, 0.1) is 5.41 Å². The summed E-state index contributed by atoms with van der Waals surface area (Å²) >= 11 is 0. The highest BCUT2D eigenvalue weighted by molar-refractivity contribution is 5.95. The number of carbonyl (C=O) groups excluding carboxylic acids is 1. The summed E-state index contributed by atoms with van der Waals surface area (Å²) < 4.78 is 10.4. The molecule has 1 aliphatic carbocycles. The number of benzene rings is 1. The van der Waals surface area contributed by atoms with Crippen molar-refractivity contribution in [3.8, 4) is 11.5 Å². The molecule has 0 spiro atoms. The number of amides is 1. The fraction of sp³-hybridized carbons (Fsp3) is 0.562. The van der Waals surface area contributed by atoms with E-state index in [0.29, 0.717) is 11.5 Å². The van der Waals surface area contributed by atoms with Crippen LogP contribution in [0.25, 0.3) is 0 Å². The van der Waals surface area contributed by atoms with Crippen molar-refractivity contribution in [2.75, 3.05) is 19.5 Å². The highest BCUT2D eigenvalue weighted by atomic mass is 16.5. The van der Waals surface area contributed by atoms with Gasteiger partial charge in [0.05, 0.1) is 14.2 Å². The Hall–Kier alpha value is -1.71. The first-order valence-electron chi connectivity index (χ1n) is 7.12. The maximum atomic E-state index is 12.5. The van der Waals surface area contributed by atoms with Gasteiger partial charge in [0.2, 0.25) is 5.91 Å². The topological polar surface area (TPSA) is 47.6 Å². The van der Waals surface area contributed by atoms with E-state index in [1.807, 2.05) is 6.07 Å². The second-order valence-electron chi connectivity index (χ2n) is 5.65. The summed E-state index contributed by atoms with van der Waals surface area (Å²) in [7, 11) is 3.19. The van der Waals surface area contributed by atoms with E-state index in [4.69, 9.17) is 9.47 Å². The lowest BCUT2D eigenvalue weighted by Crippen LogP contribution is -2.35. The summed E-state index contributed by atoms with van der Waals surface area (Å²) in [5.41, 5.74) is 0.505. The molecule has 1 aliphatic rings. The fourth-order valence-corrected chi connectivity index (χ4v) is 2.76. The molecule has 0 heterocycles. The highest BCUT2D eigenvalue weighted by Crippen LogP contribution is 2.37. The highest BCUT2D eigenvalue weighted by Gasteiger charge is 2.34. The molecule has 0 saturated heterocycles. The zero-order valence-electron chi connectivity index (χ0n) is 12.5. The maximum absolute atomic E-state index is 12.5. The van der Waals surface area contributed by atoms with Crippen molar-refractivity contribution in [3.63, 3.8) is 0 Å². The minimum atomic E-state index is -0.245. The number of hydrogen-bond donors (Lipinski definition) is 1. The largest absolute Gasteiger partial charge is 0.493 e. The molecule has 0 aliphatic heterocycles. The molecule has 2 rings (SSSR count). The van der Waals surface area contributed by atoms with E-state index in [0.717, 1.165) is 31.4 Å². The van der Waals surface area contributed by atoms with E-state index in [9.17, 15) is 4.79 Å². The first kappa shape index (κ1) is 14.7. The van der Waals surface area contributed by atoms with Crippen LogP contribution in [-0.2, 0) is 4.79 Å². The van der Waals surface area contributed by atoms with Crippen molar-refractivity contribution in [2.45, 2.75) is 39.0 Å². The Balaban J connectivity index is 2.11. The van der Waals surface area contributed by atoms with Crippen molar-refractivity contribution < 1.29 is 14.3 Å². The summed E-state index contributed by atoms with van der Waals surface area (Å²) in [4.78, 5) is 12.5. The van der Waals surface area contributed by atoms with E-state index in [1.165, 1.54) is 6.42 Å². The van der Waals surface area contributed by atoms with E-state index in [-0.39, 0.29) is 11.3 Å². The van der Waals surface area contributed by atoms with Gasteiger partial charge in [-0.15, -0.1) is 0 Å². The fourth-order valence-electron chi connectivity index (χ4n) is 2.76. The molecule has 110 valence electrons. The normalized spacial score (nSPS) is 17.4. The standard InChI is InChI=1S/C16H23NO3/c1-16(9-5-4-6-10-16)15(18)17-12-7-8-13(19-2)14(11-12)20-3/h7-8,11H,4-6,9-10H2,1-3H3,(H,17,18). The predicted molar refractivity (Wildman–Crippen MR) is 79.4 cm³/mol. The first-order chi connectivity index (χ1) is 9.59. The van der Waals surface area contributed by atoms with Crippen molar-refractivity contribution in [3.05, 3.63) is 18.2 Å². The third kappa shape index (κ3) is 3.06. The minimum absolute atomic E-state index is 0.101. The molecule has 1 aromatic carbocycles. The van der Waals surface area contributed by atoms with Crippen molar-refractivity contribution in [1.82, 2.24) is 0 Å². The first-order valence-corrected chi connectivity index (χ1v) is 7.12. The molecule has 4 heteroatoms. The molecular weight excluding hydrogens is 254 g/mol. The molecule has 1 aromatic rings. The van der Waals surface area contributed by atoms with E-state index in [1.54, 1.807) is 26.4 Å². The Bertz CT molecular complexity index is 479. The van der Waals surface area contributed by atoms with Gasteiger partial charge < -0.3 is 14.8 Å². The van der Waals surface area contributed by atoms with E-state index < -0.39 is 0 Å². The molecule has 1 N–H and O–H groups in total. The number of ether oxygens (including phenoxy) is 2. The second-order valence-corrected chi connectivity index (χ2v) is 5.65. The Morgan fingerprint density at radius 3 is 2.35 bits per heavy atom. The van der Waals surface area contributed by atoms with E-state index >= 15 is 0 Å². The zero-order chi connectivity index (χ0) is 14.6. The molecule has 1 fully saturated rings. The van der Waals surface area contributed by atoms with E-state index in [2.05, 4.69) is 12.2 Å². The lowest BCUT2D eigenvalue weighted by molar-refractivity contribution is -0.126. The lowest BCUT2D eigenvalue weighted by atomic mass is 9.75. The van der Waals surface area contributed by atoms with Crippen LogP contribution in [0.15, 0.2) is 18.2 Å². The molecule has 20 heavy (non-hydrogen) atoms. The van der Waals surface area contributed by atoms with Crippen LogP contribution in [0.3, 0.4) is 0 Å². The van der Waals surface area contributed by atoms with Gasteiger partial charge in [0.25, 0.3) is 0 Å². The van der Waals surface area contributed by atoms with Crippen LogP contribution in [0.2, 0.25) is 0 Å². The van der Waals surface area contributed by atoms with Crippen LogP contribution >= 0.6 is 0 Å². The minimum Gasteiger partial charge on any atom is -0.493 e. The summed E-state index contributed by atoms with van der Waals surface area (Å²) in [6, 6.07) is 5.44. The molecule has 1 amide bonds. The number of rotatable bonds is 4. The third-order valence-electron chi connectivity index (χ3n) is 4.15. The Labute approximate surface area is 120 Å². The van der Waals surface area contributed by atoms with Gasteiger partial charge >= 0.3 is 0 Å². The summed E-state index contributed by atoms with van der Waals surface area (Å²) in [5.74, 6) is 1.39. The van der Waals surface area contributed by atoms with Crippen molar-refractivity contribution in [2.24, 2.45) is 5.41 Å². The lowest BCUT2D eigenvalue weighted by Gasteiger charge is -2.32. The monoisotopic (exact) mass is 277 g/mol.